The molecule has 188 valence electrons. The van der Waals surface area contributed by atoms with Gasteiger partial charge in [-0.2, -0.15) is 18.4 Å². The number of aromatic amines is 1. The number of nitrogens with zero attached hydrogens (tertiary/aromatic N) is 4. The Bertz CT molecular complexity index is 1310. The lowest BCUT2D eigenvalue weighted by molar-refractivity contribution is -0.137. The second kappa shape index (κ2) is 10.2. The van der Waals surface area contributed by atoms with E-state index >= 15 is 0 Å². The van der Waals surface area contributed by atoms with E-state index in [4.69, 9.17) is 0 Å². The van der Waals surface area contributed by atoms with Gasteiger partial charge in [0.2, 0.25) is 0 Å². The van der Waals surface area contributed by atoms with Gasteiger partial charge in [-0.15, -0.1) is 0 Å². The van der Waals surface area contributed by atoms with Crippen LogP contribution in [-0.4, -0.2) is 51.5 Å². The van der Waals surface area contributed by atoms with Crippen molar-refractivity contribution in [3.8, 4) is 6.07 Å². The molecule has 1 unspecified atom stereocenters. The number of aromatic nitrogens is 3. The summed E-state index contributed by atoms with van der Waals surface area (Å²) >= 11 is 2.38. The minimum absolute atomic E-state index is 0.257. The van der Waals surface area contributed by atoms with Crippen molar-refractivity contribution in [3.63, 3.8) is 0 Å². The molecule has 0 radical (unpaired) electrons. The largest absolute Gasteiger partial charge is 0.417 e. The third kappa shape index (κ3) is 5.26. The monoisotopic (exact) mass is 609 g/mol. The van der Waals surface area contributed by atoms with Crippen LogP contribution in [-0.2, 0) is 12.7 Å². The van der Waals surface area contributed by atoms with Crippen LogP contribution < -0.4 is 26.2 Å². The Hall–Kier alpha value is -2.93. The van der Waals surface area contributed by atoms with E-state index in [1.165, 1.54) is 0 Å². The fraction of sp³-hybridized carbons (Fsp3) is 0.348. The van der Waals surface area contributed by atoms with Gasteiger partial charge in [0.05, 0.1) is 27.0 Å². The molecule has 36 heavy (non-hydrogen) atoms. The first-order chi connectivity index (χ1) is 17.3. The second-order valence-electron chi connectivity index (χ2n) is 8.52. The zero-order valence-electron chi connectivity index (χ0n) is 19.0. The lowest BCUT2D eigenvalue weighted by Crippen LogP contribution is -2.55. The van der Waals surface area contributed by atoms with Crippen molar-refractivity contribution in [1.82, 2.24) is 36.2 Å². The first-order valence-electron chi connectivity index (χ1n) is 11.3. The van der Waals surface area contributed by atoms with Crippen LogP contribution in [0, 0.1) is 11.3 Å². The Morgan fingerprint density at radius 2 is 2.08 bits per heavy atom. The van der Waals surface area contributed by atoms with Gasteiger partial charge in [-0.1, -0.05) is 28.7 Å². The summed E-state index contributed by atoms with van der Waals surface area (Å²) in [5.41, 5.74) is 1.76. The lowest BCUT2D eigenvalue weighted by Gasteiger charge is -2.32. The molecule has 5 rings (SSSR count). The van der Waals surface area contributed by atoms with E-state index < -0.39 is 18.0 Å². The minimum atomic E-state index is -4.51. The molecule has 2 aliphatic rings. The van der Waals surface area contributed by atoms with Crippen molar-refractivity contribution in [3.05, 3.63) is 59.1 Å². The number of piperazine rings is 1. The van der Waals surface area contributed by atoms with Crippen molar-refractivity contribution < 1.29 is 13.2 Å². The van der Waals surface area contributed by atoms with Gasteiger partial charge >= 0.3 is 6.18 Å². The van der Waals surface area contributed by atoms with E-state index in [9.17, 15) is 18.4 Å². The molecule has 5 heterocycles. The number of pyridine rings is 2. The standard InChI is InChI=1S/C23H23F3IN9/c24-23(25,26)15-5-16-17(11-32-21(16)31-10-15)20-14(6-28)9-34-22(35-20)33-8-13-1-2-19(30-7-13)36-4-3-29-18(27)12-36/h1-2,5,7,10-11,18,22,29,33-35H,3-4,8-9,12H2,(H,31,32)/t18-,22?/m1/s1. The highest BCUT2D eigenvalue weighted by atomic mass is 127. The normalized spacial score (nSPS) is 20.9. The Morgan fingerprint density at radius 3 is 2.81 bits per heavy atom. The van der Waals surface area contributed by atoms with Gasteiger partial charge in [-0.05, 0) is 17.7 Å². The van der Waals surface area contributed by atoms with Gasteiger partial charge in [0.1, 0.15) is 17.8 Å². The van der Waals surface area contributed by atoms with Gasteiger partial charge < -0.3 is 20.5 Å². The first kappa shape index (κ1) is 24.8. The zero-order chi connectivity index (χ0) is 25.3. The topological polar surface area (TPSA) is 117 Å². The average Bonchev–Trinajstić information content (AvgIpc) is 3.30. The fourth-order valence-corrected chi connectivity index (χ4v) is 5.03. The Morgan fingerprint density at radius 1 is 1.22 bits per heavy atom. The highest BCUT2D eigenvalue weighted by molar-refractivity contribution is 14.1. The molecule has 3 aromatic heterocycles. The molecule has 0 saturated carbocycles. The Balaban J connectivity index is 1.29. The van der Waals surface area contributed by atoms with Crippen LogP contribution in [0.15, 0.2) is 42.4 Å². The summed E-state index contributed by atoms with van der Waals surface area (Å²) in [6, 6.07) is 7.21. The maximum absolute atomic E-state index is 13.2. The van der Waals surface area contributed by atoms with E-state index in [1.54, 1.807) is 6.20 Å². The van der Waals surface area contributed by atoms with Crippen molar-refractivity contribution >= 4 is 45.1 Å². The van der Waals surface area contributed by atoms with E-state index in [0.717, 1.165) is 43.3 Å². The van der Waals surface area contributed by atoms with Crippen LogP contribution in [0.25, 0.3) is 16.7 Å². The molecule has 2 aliphatic heterocycles. The smallest absolute Gasteiger partial charge is 0.356 e. The maximum Gasteiger partial charge on any atom is 0.417 e. The molecule has 1 fully saturated rings. The second-order valence-corrected chi connectivity index (χ2v) is 10.0. The van der Waals surface area contributed by atoms with E-state index in [0.29, 0.717) is 38.5 Å². The van der Waals surface area contributed by atoms with Crippen molar-refractivity contribution in [2.75, 3.05) is 31.1 Å². The number of hydrogen-bond acceptors (Lipinski definition) is 8. The van der Waals surface area contributed by atoms with Crippen LogP contribution in [0.1, 0.15) is 16.7 Å². The number of nitriles is 1. The number of nitrogens with one attached hydrogen (secondary N) is 5. The van der Waals surface area contributed by atoms with Gasteiger partial charge in [0.15, 0.2) is 0 Å². The van der Waals surface area contributed by atoms with E-state index in [-0.39, 0.29) is 6.54 Å². The van der Waals surface area contributed by atoms with Crippen LogP contribution in [0.3, 0.4) is 0 Å². The van der Waals surface area contributed by atoms with E-state index in [2.05, 4.69) is 69.8 Å². The molecule has 13 heteroatoms. The molecule has 0 amide bonds. The molecule has 0 bridgehead atoms. The summed E-state index contributed by atoms with van der Waals surface area (Å²) < 4.78 is 40.1. The summed E-state index contributed by atoms with van der Waals surface area (Å²) in [5, 5.41) is 23.1. The molecule has 9 nitrogen and oxygen atoms in total. The fourth-order valence-electron chi connectivity index (χ4n) is 4.24. The molecule has 0 aliphatic carbocycles. The molecule has 1 saturated heterocycles. The van der Waals surface area contributed by atoms with Crippen molar-refractivity contribution in [2.24, 2.45) is 0 Å². The van der Waals surface area contributed by atoms with Crippen molar-refractivity contribution in [1.29, 1.82) is 5.26 Å². The zero-order valence-corrected chi connectivity index (χ0v) is 21.1. The average molecular weight is 609 g/mol. The van der Waals surface area contributed by atoms with Crippen LogP contribution in [0.2, 0.25) is 0 Å². The van der Waals surface area contributed by atoms with Crippen LogP contribution in [0.4, 0.5) is 19.0 Å². The number of rotatable bonds is 5. The van der Waals surface area contributed by atoms with Gasteiger partial charge in [0.25, 0.3) is 0 Å². The highest BCUT2D eigenvalue weighted by Gasteiger charge is 2.32. The molecule has 0 spiro atoms. The summed E-state index contributed by atoms with van der Waals surface area (Å²) in [5.74, 6) is 0.936. The number of alkyl halides is 4. The molecule has 5 N–H and O–H groups in total. The molecule has 0 aromatic carbocycles. The first-order valence-corrected chi connectivity index (χ1v) is 12.5. The predicted molar refractivity (Wildman–Crippen MR) is 138 cm³/mol. The summed E-state index contributed by atoms with van der Waals surface area (Å²) in [6.07, 6.45) is -0.728. The third-order valence-corrected chi connectivity index (χ3v) is 6.94. The SMILES string of the molecule is N#CC1=C(c2c[nH]c3ncc(C(F)(F)F)cc23)NC(NCc2ccc(N3CCN[C@@H](I)C3)nc2)NC1. The quantitative estimate of drug-likeness (QED) is 0.171. The van der Waals surface area contributed by atoms with Gasteiger partial charge in [-0.25, -0.2) is 9.97 Å². The van der Waals surface area contributed by atoms with Crippen molar-refractivity contribution in [2.45, 2.75) is 23.1 Å². The highest BCUT2D eigenvalue weighted by Crippen LogP contribution is 2.33. The third-order valence-electron chi connectivity index (χ3n) is 6.11. The van der Waals surface area contributed by atoms with Crippen LogP contribution >= 0.6 is 22.6 Å². The van der Waals surface area contributed by atoms with E-state index in [1.807, 2.05) is 18.3 Å². The summed E-state index contributed by atoms with van der Waals surface area (Å²) in [7, 11) is 0. The van der Waals surface area contributed by atoms with Gasteiger partial charge in [-0.3, -0.25) is 10.6 Å². The molecular weight excluding hydrogens is 586 g/mol. The molecule has 2 atom stereocenters. The predicted octanol–water partition coefficient (Wildman–Crippen LogP) is 2.65. The number of halogens is 4. The Kier molecular flexibility index (Phi) is 7.02. The lowest BCUT2D eigenvalue weighted by atomic mass is 10.0. The van der Waals surface area contributed by atoms with Gasteiger partial charge in [0, 0.05) is 62.3 Å². The summed E-state index contributed by atoms with van der Waals surface area (Å²) in [6.45, 7) is 3.47. The molecule has 3 aromatic rings. The Labute approximate surface area is 218 Å². The number of H-pyrrole nitrogens is 1. The minimum Gasteiger partial charge on any atom is -0.356 e. The number of anilines is 1. The van der Waals surface area contributed by atoms with Crippen LogP contribution in [0.5, 0.6) is 0 Å². The summed E-state index contributed by atoms with van der Waals surface area (Å²) in [4.78, 5) is 13.6. The number of fused-ring (bicyclic) bond motifs is 1. The maximum atomic E-state index is 13.2. The number of hydrogen-bond donors (Lipinski definition) is 5. The molecular formula is C23H23F3IN9.